The molecule has 0 amide bonds. The van der Waals surface area contributed by atoms with Gasteiger partial charge in [0.05, 0.1) is 0 Å². The minimum absolute atomic E-state index is 0.00311. The molecule has 1 aromatic carbocycles. The van der Waals surface area contributed by atoms with Gasteiger partial charge in [-0.25, -0.2) is 4.98 Å². The Morgan fingerprint density at radius 2 is 1.91 bits per heavy atom. The monoisotopic (exact) mass is 672 g/mol. The van der Waals surface area contributed by atoms with Gasteiger partial charge >= 0.3 is 175 Å². The van der Waals surface area contributed by atoms with Crippen molar-refractivity contribution >= 4 is 15.8 Å². The first-order valence-corrected chi connectivity index (χ1v) is 20.0. The molecule has 4 rings (SSSR count). The van der Waals surface area contributed by atoms with Crippen LogP contribution in [0, 0.1) is 21.3 Å². The van der Waals surface area contributed by atoms with Crippen molar-refractivity contribution in [3.05, 3.63) is 73.9 Å². The predicted octanol–water partition coefficient (Wildman–Crippen LogP) is 1.53. The van der Waals surface area contributed by atoms with E-state index in [0.717, 1.165) is 28.1 Å². The number of pyridine rings is 1. The normalized spacial score (nSPS) is 16.1. The Kier molecular flexibility index (Phi) is 6.66. The molecule has 0 unspecified atom stereocenters. The number of hydrogen-bond acceptors (Lipinski definition) is 5. The molecular weight excluding hydrogens is 653 g/mol. The summed E-state index contributed by atoms with van der Waals surface area (Å²) in [6, 6.07) is 6.17. The zero-order valence-electron chi connectivity index (χ0n) is 17.3. The van der Waals surface area contributed by atoms with E-state index in [-0.39, 0.29) is 50.1 Å². The molecule has 6 nitrogen and oxygen atoms in total. The molecule has 3 aromatic rings. The number of alkyl halides is 2. The molecule has 32 heavy (non-hydrogen) atoms. The molecule has 0 saturated heterocycles. The van der Waals surface area contributed by atoms with Crippen LogP contribution in [0.1, 0.15) is 19.4 Å². The number of ether oxygens (including phenoxy) is 2. The number of nitrogens with zero attached hydrogens (tertiary/aromatic N) is 3. The molecule has 0 atom stereocenters. The van der Waals surface area contributed by atoms with E-state index in [1.54, 1.807) is 10.6 Å². The van der Waals surface area contributed by atoms with Crippen LogP contribution < -0.4 is 32.4 Å². The maximum atomic E-state index is 14.4. The first-order valence-electron chi connectivity index (χ1n) is 9.40. The standard InChI is InChI=1S/C21H19F3I2N3O3/c1-21(2)11-29-17(25-26(21)3)8-18(28-20(29)30)31-10-12-6-14(22)19(15(23)7-12)32-13-4-5-16(24)27-9-13/h4-9H,10-11H2,1-3H3/q-1. The summed E-state index contributed by atoms with van der Waals surface area (Å²) < 4.78 is 55.4. The molecule has 0 fully saturated rings. The molecule has 0 bridgehead atoms. The Balaban J connectivity index is 1.50. The number of benzene rings is 1. The molecule has 172 valence electrons. The quantitative estimate of drug-likeness (QED) is 0.178. The van der Waals surface area contributed by atoms with E-state index in [4.69, 9.17) is 9.47 Å². The van der Waals surface area contributed by atoms with E-state index < -0.39 is 39.2 Å². The second kappa shape index (κ2) is 9.15. The van der Waals surface area contributed by atoms with Crippen molar-refractivity contribution in [1.82, 2.24) is 14.5 Å². The van der Waals surface area contributed by atoms with Crippen molar-refractivity contribution in [2.75, 3.05) is 4.93 Å². The van der Waals surface area contributed by atoms with Gasteiger partial charge in [-0.3, -0.25) is 0 Å². The van der Waals surface area contributed by atoms with Crippen LogP contribution in [0.15, 0.2) is 41.3 Å². The fourth-order valence-electron chi connectivity index (χ4n) is 2.89. The molecule has 1 aliphatic rings. The van der Waals surface area contributed by atoms with E-state index in [9.17, 15) is 18.0 Å². The Labute approximate surface area is 195 Å². The molecule has 11 heteroatoms. The van der Waals surface area contributed by atoms with Crippen LogP contribution in [0.5, 0.6) is 17.4 Å². The number of fused-ring (bicyclic) bond motifs is 1. The van der Waals surface area contributed by atoms with Crippen molar-refractivity contribution in [3.63, 3.8) is 0 Å². The van der Waals surface area contributed by atoms with E-state index in [1.165, 1.54) is 6.07 Å². The van der Waals surface area contributed by atoms with E-state index in [1.807, 2.05) is 0 Å². The van der Waals surface area contributed by atoms with Gasteiger partial charge in [0.1, 0.15) is 0 Å². The van der Waals surface area contributed by atoms with Crippen LogP contribution >= 0.6 is 15.8 Å². The van der Waals surface area contributed by atoms with Gasteiger partial charge in [0, 0.05) is 0 Å². The first-order chi connectivity index (χ1) is 15.1. The summed E-state index contributed by atoms with van der Waals surface area (Å²) in [5, 5.41) is 0. The zero-order chi connectivity index (χ0) is 23.0. The van der Waals surface area contributed by atoms with Gasteiger partial charge in [0.25, 0.3) is 0 Å². The number of aromatic nitrogens is 3. The van der Waals surface area contributed by atoms with E-state index >= 15 is 0 Å². The summed E-state index contributed by atoms with van der Waals surface area (Å²) >= 11 is -1.44. The third-order valence-electron chi connectivity index (χ3n) is 4.72. The third kappa shape index (κ3) is 5.02. The van der Waals surface area contributed by atoms with Crippen LogP contribution in [0.2, 0.25) is 0 Å². The van der Waals surface area contributed by atoms with Crippen molar-refractivity contribution in [2.24, 2.45) is 0 Å². The first kappa shape index (κ1) is 23.3. The van der Waals surface area contributed by atoms with Crippen LogP contribution in [0.3, 0.4) is 0 Å². The van der Waals surface area contributed by atoms with E-state index in [0.29, 0.717) is 6.54 Å². The molecule has 0 saturated carbocycles. The molecule has 0 spiro atoms. The molecule has 0 aliphatic carbocycles. The zero-order valence-corrected chi connectivity index (χ0v) is 21.6. The van der Waals surface area contributed by atoms with Crippen LogP contribution in [0.4, 0.5) is 13.2 Å². The molecule has 2 aromatic heterocycles. The van der Waals surface area contributed by atoms with Crippen molar-refractivity contribution in [2.45, 2.75) is 30.4 Å². The van der Waals surface area contributed by atoms with Crippen molar-refractivity contribution < 1.29 is 39.9 Å². The topological polar surface area (TPSA) is 66.2 Å². The van der Waals surface area contributed by atoms with Gasteiger partial charge in [-0.1, -0.05) is 0 Å². The van der Waals surface area contributed by atoms with Gasteiger partial charge < -0.3 is 0 Å². The van der Waals surface area contributed by atoms with E-state index in [2.05, 4.69) is 28.7 Å². The number of rotatable bonds is 5. The fraction of sp³-hybridized carbons (Fsp3) is 0.286. The molecule has 0 N–H and O–H groups in total. The number of hydrogen-bond donors (Lipinski definition) is 0. The Hall–Kier alpha value is -1.90. The Morgan fingerprint density at radius 3 is 2.56 bits per heavy atom. The maximum absolute atomic E-state index is 14.4. The Bertz CT molecular complexity index is 1200. The van der Waals surface area contributed by atoms with Gasteiger partial charge in [0.2, 0.25) is 5.95 Å². The van der Waals surface area contributed by atoms with Gasteiger partial charge in [-0.15, -0.1) is 0 Å². The second-order valence-electron chi connectivity index (χ2n) is 7.58. The van der Waals surface area contributed by atoms with Gasteiger partial charge in [-0.2, -0.15) is 4.39 Å². The Morgan fingerprint density at radius 1 is 1.19 bits per heavy atom. The summed E-state index contributed by atoms with van der Waals surface area (Å²) in [5.41, 5.74) is -0.146. The summed E-state index contributed by atoms with van der Waals surface area (Å²) in [4.78, 5) is 22.2. The number of halogens is 5. The molecule has 1 aliphatic heterocycles. The molecule has 3 heterocycles. The average Bonchev–Trinajstić information content (AvgIpc) is 2.72. The summed E-state index contributed by atoms with van der Waals surface area (Å²) in [6.45, 7) is 4.91. The van der Waals surface area contributed by atoms with Gasteiger partial charge in [-0.05, 0) is 6.07 Å². The van der Waals surface area contributed by atoms with Crippen molar-refractivity contribution in [1.29, 1.82) is 0 Å². The SMILES string of the molecule is CI1[I-]c2cc(OCc3cc(F)c(Oc4ccc(F)nc4)c(F)c3)nc(=O)n2CC1(C)C. The summed E-state index contributed by atoms with van der Waals surface area (Å²) in [6.07, 6.45) is 1.03. The van der Waals surface area contributed by atoms with Crippen LogP contribution in [-0.4, -0.2) is 22.9 Å². The third-order valence-corrected chi connectivity index (χ3v) is 25.3. The predicted molar refractivity (Wildman–Crippen MR) is 116 cm³/mol. The van der Waals surface area contributed by atoms with Crippen molar-refractivity contribution in [3.8, 4) is 17.4 Å². The fourth-order valence-corrected chi connectivity index (χ4v) is 16.9. The average molecular weight is 672 g/mol. The summed E-state index contributed by atoms with van der Waals surface area (Å²) in [5.74, 6) is -3.09. The molecule has 0 radical (unpaired) electrons. The minimum atomic E-state index is -1.17. The summed E-state index contributed by atoms with van der Waals surface area (Å²) in [7, 11) is 0. The van der Waals surface area contributed by atoms with Crippen LogP contribution in [-0.2, 0) is 13.2 Å². The van der Waals surface area contributed by atoms with Crippen LogP contribution in [0.25, 0.3) is 0 Å². The van der Waals surface area contributed by atoms with Gasteiger partial charge in [0.15, 0.2) is 0 Å². The molecular formula is C21H19F3I2N3O3-. The second-order valence-corrected chi connectivity index (χ2v) is 25.3.